The third-order valence-corrected chi connectivity index (χ3v) is 3.13. The monoisotopic (exact) mass is 322 g/mol. The second-order valence-corrected chi connectivity index (χ2v) is 4.98. The van der Waals surface area contributed by atoms with Crippen molar-refractivity contribution in [2.75, 3.05) is 5.73 Å². The molecule has 1 aromatic carbocycles. The number of hydrogen-bond donors (Lipinski definition) is 1. The smallest absolute Gasteiger partial charge is 0.240 e. The Morgan fingerprint density at radius 1 is 0.944 bits per heavy atom. The zero-order valence-electron chi connectivity index (χ0n) is 8.75. The van der Waals surface area contributed by atoms with E-state index in [1.54, 1.807) is 18.2 Å². The summed E-state index contributed by atoms with van der Waals surface area (Å²) >= 11 is 23.5. The van der Waals surface area contributed by atoms with Gasteiger partial charge in [-0.2, -0.15) is 4.98 Å². The zero-order valence-corrected chi connectivity index (χ0v) is 11.8. The van der Waals surface area contributed by atoms with Crippen LogP contribution >= 0.6 is 46.4 Å². The largest absolute Gasteiger partial charge is 0.436 e. The predicted octanol–water partition coefficient (Wildman–Crippen LogP) is 5.07. The van der Waals surface area contributed by atoms with Crippen molar-refractivity contribution in [3.63, 3.8) is 0 Å². The van der Waals surface area contributed by atoms with Crippen molar-refractivity contribution in [2.24, 2.45) is 0 Å². The fourth-order valence-electron chi connectivity index (χ4n) is 1.20. The number of halogens is 4. The Bertz CT molecular complexity index is 604. The van der Waals surface area contributed by atoms with Crippen LogP contribution in [0.15, 0.2) is 24.3 Å². The van der Waals surface area contributed by atoms with E-state index in [0.717, 1.165) is 0 Å². The molecule has 1 heterocycles. The maximum Gasteiger partial charge on any atom is 0.240 e. The molecule has 0 aliphatic heterocycles. The maximum absolute atomic E-state index is 5.97. The zero-order chi connectivity index (χ0) is 13.3. The molecule has 2 rings (SSSR count). The van der Waals surface area contributed by atoms with Crippen molar-refractivity contribution in [1.82, 2.24) is 4.98 Å². The first-order valence-corrected chi connectivity index (χ1v) is 6.23. The molecule has 0 atom stereocenters. The number of nitrogens with two attached hydrogens (primary N) is 1. The van der Waals surface area contributed by atoms with Crippen LogP contribution in [0.4, 0.5) is 5.82 Å². The Hall–Kier alpha value is -0.870. The number of benzene rings is 1. The lowest BCUT2D eigenvalue weighted by atomic mass is 10.3. The molecule has 0 radical (unpaired) electrons. The summed E-state index contributed by atoms with van der Waals surface area (Å²) in [4.78, 5) is 3.93. The van der Waals surface area contributed by atoms with Gasteiger partial charge in [0.05, 0.1) is 10.0 Å². The van der Waals surface area contributed by atoms with Gasteiger partial charge in [0.25, 0.3) is 0 Å². The van der Waals surface area contributed by atoms with E-state index in [0.29, 0.717) is 15.8 Å². The summed E-state index contributed by atoms with van der Waals surface area (Å²) in [5.74, 6) is 0.626. The van der Waals surface area contributed by atoms with Crippen LogP contribution in [-0.4, -0.2) is 4.98 Å². The van der Waals surface area contributed by atoms with Gasteiger partial charge in [0, 0.05) is 5.02 Å². The standard InChI is InChI=1S/C11H6Cl4N2O/c12-5-1-2-9(6(13)3-5)18-11-8(15)4-7(14)10(16)17-11/h1-4H,(H2,16,17). The van der Waals surface area contributed by atoms with Crippen LogP contribution in [0.2, 0.25) is 20.1 Å². The average molecular weight is 324 g/mol. The second kappa shape index (κ2) is 5.41. The maximum atomic E-state index is 5.97. The molecule has 0 spiro atoms. The lowest BCUT2D eigenvalue weighted by molar-refractivity contribution is 0.464. The summed E-state index contributed by atoms with van der Waals surface area (Å²) in [5.41, 5.74) is 5.57. The molecule has 2 aromatic rings. The van der Waals surface area contributed by atoms with E-state index >= 15 is 0 Å². The van der Waals surface area contributed by atoms with E-state index in [1.807, 2.05) is 0 Å². The molecular formula is C11H6Cl4N2O. The lowest BCUT2D eigenvalue weighted by Crippen LogP contribution is -1.96. The Morgan fingerprint density at radius 3 is 2.33 bits per heavy atom. The second-order valence-electron chi connectivity index (χ2n) is 3.32. The normalized spacial score (nSPS) is 10.4. The molecule has 0 bridgehead atoms. The number of hydrogen-bond acceptors (Lipinski definition) is 3. The first-order chi connectivity index (χ1) is 8.47. The van der Waals surface area contributed by atoms with E-state index in [2.05, 4.69) is 4.98 Å². The Morgan fingerprint density at radius 2 is 1.67 bits per heavy atom. The van der Waals surface area contributed by atoms with E-state index in [-0.39, 0.29) is 21.7 Å². The average Bonchev–Trinajstić information content (AvgIpc) is 2.29. The van der Waals surface area contributed by atoms with E-state index in [1.165, 1.54) is 6.07 Å². The van der Waals surface area contributed by atoms with Gasteiger partial charge in [-0.25, -0.2) is 0 Å². The first-order valence-electron chi connectivity index (χ1n) is 4.72. The first kappa shape index (κ1) is 13.6. The number of aromatic nitrogens is 1. The number of rotatable bonds is 2. The van der Waals surface area contributed by atoms with Crippen molar-refractivity contribution in [1.29, 1.82) is 0 Å². The predicted molar refractivity (Wildman–Crippen MR) is 75.2 cm³/mol. The fourth-order valence-corrected chi connectivity index (χ4v) is 2.04. The molecule has 0 unspecified atom stereocenters. The van der Waals surface area contributed by atoms with Crippen molar-refractivity contribution in [3.8, 4) is 11.6 Å². The van der Waals surface area contributed by atoms with Crippen molar-refractivity contribution < 1.29 is 4.74 Å². The number of anilines is 1. The molecule has 1 aromatic heterocycles. The van der Waals surface area contributed by atoms with Crippen LogP contribution in [0.5, 0.6) is 11.6 Å². The molecule has 0 amide bonds. The molecule has 7 heteroatoms. The van der Waals surface area contributed by atoms with Gasteiger partial charge in [-0.3, -0.25) is 0 Å². The fraction of sp³-hybridized carbons (Fsp3) is 0. The Kier molecular flexibility index (Phi) is 4.07. The molecular weight excluding hydrogens is 318 g/mol. The van der Waals surface area contributed by atoms with Crippen LogP contribution in [0.1, 0.15) is 0 Å². The van der Waals surface area contributed by atoms with Gasteiger partial charge in [-0.15, -0.1) is 0 Å². The lowest BCUT2D eigenvalue weighted by Gasteiger charge is -2.09. The summed E-state index contributed by atoms with van der Waals surface area (Å²) in [7, 11) is 0. The Balaban J connectivity index is 2.37. The molecule has 0 aliphatic rings. The van der Waals surface area contributed by atoms with Gasteiger partial charge in [-0.1, -0.05) is 46.4 Å². The van der Waals surface area contributed by atoms with Gasteiger partial charge in [0.2, 0.25) is 5.88 Å². The topological polar surface area (TPSA) is 48.1 Å². The quantitative estimate of drug-likeness (QED) is 0.839. The van der Waals surface area contributed by atoms with Crippen molar-refractivity contribution >= 4 is 52.2 Å². The molecule has 0 aliphatic carbocycles. The molecule has 3 nitrogen and oxygen atoms in total. The summed E-state index contributed by atoms with van der Waals surface area (Å²) in [6.45, 7) is 0. The van der Waals surface area contributed by atoms with Gasteiger partial charge in [0.1, 0.15) is 16.6 Å². The minimum absolute atomic E-state index is 0.126. The van der Waals surface area contributed by atoms with Crippen LogP contribution < -0.4 is 10.5 Å². The third-order valence-electron chi connectivity index (χ3n) is 2.03. The molecule has 0 saturated carbocycles. The summed E-state index contributed by atoms with van der Waals surface area (Å²) in [5, 5.41) is 1.34. The van der Waals surface area contributed by atoms with Gasteiger partial charge in [-0.05, 0) is 24.3 Å². The number of ether oxygens (including phenoxy) is 1. The number of pyridine rings is 1. The highest BCUT2D eigenvalue weighted by Gasteiger charge is 2.11. The summed E-state index contributed by atoms with van der Waals surface area (Å²) in [6.07, 6.45) is 0. The molecule has 2 N–H and O–H groups in total. The number of nitrogen functional groups attached to an aromatic ring is 1. The van der Waals surface area contributed by atoms with Crippen molar-refractivity contribution in [2.45, 2.75) is 0 Å². The molecule has 0 saturated heterocycles. The SMILES string of the molecule is Nc1nc(Oc2ccc(Cl)cc2Cl)c(Cl)cc1Cl. The highest BCUT2D eigenvalue weighted by molar-refractivity contribution is 6.37. The third kappa shape index (κ3) is 2.93. The van der Waals surface area contributed by atoms with E-state index in [4.69, 9.17) is 56.9 Å². The van der Waals surface area contributed by atoms with E-state index in [9.17, 15) is 0 Å². The number of nitrogens with zero attached hydrogens (tertiary/aromatic N) is 1. The minimum atomic E-state index is 0.126. The van der Waals surface area contributed by atoms with Gasteiger partial charge >= 0.3 is 0 Å². The van der Waals surface area contributed by atoms with Crippen LogP contribution in [0.25, 0.3) is 0 Å². The van der Waals surface area contributed by atoms with Gasteiger partial charge < -0.3 is 10.5 Å². The van der Waals surface area contributed by atoms with E-state index < -0.39 is 0 Å². The Labute approximate surface area is 123 Å². The van der Waals surface area contributed by atoms with Gasteiger partial charge in [0.15, 0.2) is 0 Å². The molecule has 94 valence electrons. The highest BCUT2D eigenvalue weighted by Crippen LogP contribution is 2.35. The molecule has 18 heavy (non-hydrogen) atoms. The minimum Gasteiger partial charge on any atom is -0.436 e. The van der Waals surface area contributed by atoms with Crippen LogP contribution in [0.3, 0.4) is 0 Å². The van der Waals surface area contributed by atoms with Crippen molar-refractivity contribution in [3.05, 3.63) is 44.4 Å². The summed E-state index contributed by atoms with van der Waals surface area (Å²) < 4.78 is 5.46. The van der Waals surface area contributed by atoms with Crippen LogP contribution in [0, 0.1) is 0 Å². The summed E-state index contributed by atoms with van der Waals surface area (Å²) in [6, 6.07) is 6.24. The highest BCUT2D eigenvalue weighted by atomic mass is 35.5. The van der Waals surface area contributed by atoms with Crippen LogP contribution in [-0.2, 0) is 0 Å². The molecule has 0 fully saturated rings.